The Balaban J connectivity index is 3.16. The summed E-state index contributed by atoms with van der Waals surface area (Å²) in [6, 6.07) is 7.04. The van der Waals surface area contributed by atoms with Gasteiger partial charge in [0.2, 0.25) is 0 Å². The maximum atomic E-state index is 8.74. The van der Waals surface area contributed by atoms with Crippen LogP contribution in [-0.2, 0) is 0 Å². The van der Waals surface area contributed by atoms with E-state index in [1.54, 1.807) is 18.2 Å². The molecule has 0 heterocycles. The Morgan fingerprint density at radius 3 is 2.77 bits per heavy atom. The number of anilines is 1. The molecular weight excluding hydrogens is 184 g/mol. The van der Waals surface area contributed by atoms with Crippen molar-refractivity contribution in [2.45, 2.75) is 0 Å². The molecule has 64 valence electrons. The van der Waals surface area contributed by atoms with Crippen LogP contribution in [0.5, 0.6) is 0 Å². The smallest absolute Gasteiger partial charge is 0.101 e. The highest BCUT2D eigenvalue weighted by Crippen LogP contribution is 2.11. The molecule has 0 aliphatic carbocycles. The van der Waals surface area contributed by atoms with Gasteiger partial charge < -0.3 is 5.73 Å². The van der Waals surface area contributed by atoms with Gasteiger partial charge >= 0.3 is 0 Å². The molecule has 0 fully saturated rings. The second kappa shape index (κ2) is 4.40. The number of nitrogen functional groups attached to an aromatic ring is 1. The van der Waals surface area contributed by atoms with Crippen LogP contribution in [0.3, 0.4) is 0 Å². The van der Waals surface area contributed by atoms with Crippen molar-refractivity contribution in [1.82, 2.24) is 0 Å². The van der Waals surface area contributed by atoms with E-state index in [0.29, 0.717) is 16.8 Å². The molecule has 1 rings (SSSR count). The molecule has 0 saturated carbocycles. The van der Waals surface area contributed by atoms with Crippen LogP contribution in [-0.4, -0.2) is 5.88 Å². The number of benzene rings is 1. The van der Waals surface area contributed by atoms with Crippen molar-refractivity contribution in [3.63, 3.8) is 0 Å². The molecule has 2 N–H and O–H groups in total. The molecule has 0 radical (unpaired) electrons. The minimum atomic E-state index is 0.259. The van der Waals surface area contributed by atoms with Crippen LogP contribution >= 0.6 is 11.6 Å². The predicted octanol–water partition coefficient (Wildman–Crippen LogP) is 1.73. The summed E-state index contributed by atoms with van der Waals surface area (Å²) < 4.78 is 0. The number of nitriles is 1. The standard InChI is InChI=1S/C10H7ClN2/c11-5-1-2-8-3-4-10(13)6-9(8)7-12/h3-4,6H,5,13H2. The van der Waals surface area contributed by atoms with Gasteiger partial charge in [-0.15, -0.1) is 11.6 Å². The fraction of sp³-hybridized carbons (Fsp3) is 0.100. The predicted molar refractivity (Wildman–Crippen MR) is 53.2 cm³/mol. The van der Waals surface area contributed by atoms with E-state index in [-0.39, 0.29) is 5.88 Å². The first kappa shape index (κ1) is 9.45. The molecule has 0 aromatic heterocycles. The highest BCUT2D eigenvalue weighted by atomic mass is 35.5. The zero-order chi connectivity index (χ0) is 9.68. The molecule has 0 saturated heterocycles. The Kier molecular flexibility index (Phi) is 3.20. The number of hydrogen-bond donors (Lipinski definition) is 1. The van der Waals surface area contributed by atoms with Crippen molar-refractivity contribution in [3.05, 3.63) is 29.3 Å². The summed E-state index contributed by atoms with van der Waals surface area (Å²) in [7, 11) is 0. The average Bonchev–Trinajstić information content (AvgIpc) is 2.16. The molecule has 0 atom stereocenters. The van der Waals surface area contributed by atoms with Gasteiger partial charge in [0.1, 0.15) is 6.07 Å². The molecular formula is C10H7ClN2. The normalized spacial score (nSPS) is 8.31. The van der Waals surface area contributed by atoms with Crippen molar-refractivity contribution in [2.75, 3.05) is 11.6 Å². The van der Waals surface area contributed by atoms with Crippen LogP contribution in [0.15, 0.2) is 18.2 Å². The van der Waals surface area contributed by atoms with E-state index in [9.17, 15) is 0 Å². The van der Waals surface area contributed by atoms with Gasteiger partial charge in [0.15, 0.2) is 0 Å². The van der Waals surface area contributed by atoms with Crippen molar-refractivity contribution in [2.24, 2.45) is 0 Å². The molecule has 0 amide bonds. The molecule has 0 unspecified atom stereocenters. The third kappa shape index (κ3) is 2.40. The average molecular weight is 191 g/mol. The van der Waals surface area contributed by atoms with E-state index in [1.165, 1.54) is 0 Å². The lowest BCUT2D eigenvalue weighted by Crippen LogP contribution is -1.89. The summed E-state index contributed by atoms with van der Waals surface area (Å²) in [5.41, 5.74) is 7.22. The van der Waals surface area contributed by atoms with E-state index in [0.717, 1.165) is 0 Å². The van der Waals surface area contributed by atoms with Crippen LogP contribution in [0.4, 0.5) is 5.69 Å². The number of alkyl halides is 1. The summed E-state index contributed by atoms with van der Waals surface area (Å²) in [6.45, 7) is 0. The van der Waals surface area contributed by atoms with Crippen LogP contribution < -0.4 is 5.73 Å². The maximum Gasteiger partial charge on any atom is 0.101 e. The first-order valence-corrected chi connectivity index (χ1v) is 4.16. The van der Waals surface area contributed by atoms with Gasteiger partial charge in [-0.05, 0) is 18.2 Å². The minimum Gasteiger partial charge on any atom is -0.399 e. The zero-order valence-electron chi connectivity index (χ0n) is 6.84. The maximum absolute atomic E-state index is 8.74. The highest BCUT2D eigenvalue weighted by Gasteiger charge is 1.98. The number of halogens is 1. The monoisotopic (exact) mass is 190 g/mol. The molecule has 0 bridgehead atoms. The zero-order valence-corrected chi connectivity index (χ0v) is 7.60. The molecule has 1 aromatic rings. The Morgan fingerprint density at radius 2 is 2.15 bits per heavy atom. The van der Waals surface area contributed by atoms with Gasteiger partial charge in [-0.3, -0.25) is 0 Å². The van der Waals surface area contributed by atoms with E-state index in [4.69, 9.17) is 22.6 Å². The van der Waals surface area contributed by atoms with Crippen molar-refractivity contribution >= 4 is 17.3 Å². The Bertz CT molecular complexity index is 407. The molecule has 3 heteroatoms. The second-order valence-corrected chi connectivity index (χ2v) is 2.62. The summed E-state index contributed by atoms with van der Waals surface area (Å²) in [5, 5.41) is 8.74. The minimum absolute atomic E-state index is 0.259. The van der Waals surface area contributed by atoms with E-state index in [1.807, 2.05) is 6.07 Å². The Hall–Kier alpha value is -1.64. The molecule has 0 spiro atoms. The number of nitrogens with two attached hydrogens (primary N) is 1. The topological polar surface area (TPSA) is 49.8 Å². The van der Waals surface area contributed by atoms with Gasteiger partial charge in [0.05, 0.1) is 11.4 Å². The first-order chi connectivity index (χ1) is 6.27. The summed E-state index contributed by atoms with van der Waals surface area (Å²) in [4.78, 5) is 0. The second-order valence-electron chi connectivity index (χ2n) is 2.35. The van der Waals surface area contributed by atoms with E-state index >= 15 is 0 Å². The fourth-order valence-electron chi connectivity index (χ4n) is 0.892. The van der Waals surface area contributed by atoms with Crippen molar-refractivity contribution in [3.8, 4) is 17.9 Å². The summed E-state index contributed by atoms with van der Waals surface area (Å²) >= 11 is 5.40. The van der Waals surface area contributed by atoms with Crippen LogP contribution in [0.1, 0.15) is 11.1 Å². The van der Waals surface area contributed by atoms with Gasteiger partial charge in [-0.2, -0.15) is 5.26 Å². The quantitative estimate of drug-likeness (QED) is 0.385. The molecule has 2 nitrogen and oxygen atoms in total. The van der Waals surface area contributed by atoms with Crippen LogP contribution in [0.25, 0.3) is 0 Å². The first-order valence-electron chi connectivity index (χ1n) is 3.62. The lowest BCUT2D eigenvalue weighted by molar-refractivity contribution is 1.47. The van der Waals surface area contributed by atoms with Crippen LogP contribution in [0, 0.1) is 23.2 Å². The molecule has 0 aliphatic heterocycles. The van der Waals surface area contributed by atoms with Gasteiger partial charge in [0.25, 0.3) is 0 Å². The van der Waals surface area contributed by atoms with E-state index < -0.39 is 0 Å². The number of rotatable bonds is 0. The van der Waals surface area contributed by atoms with Crippen molar-refractivity contribution < 1.29 is 0 Å². The Labute approximate surface area is 81.9 Å². The highest BCUT2D eigenvalue weighted by molar-refractivity contribution is 6.19. The lowest BCUT2D eigenvalue weighted by Gasteiger charge is -1.96. The van der Waals surface area contributed by atoms with Gasteiger partial charge in [0, 0.05) is 11.3 Å². The van der Waals surface area contributed by atoms with Crippen molar-refractivity contribution in [1.29, 1.82) is 5.26 Å². The fourth-order valence-corrected chi connectivity index (χ4v) is 0.959. The summed E-state index contributed by atoms with van der Waals surface area (Å²) in [6.07, 6.45) is 0. The SMILES string of the molecule is N#Cc1cc(N)ccc1C#CCCl. The van der Waals surface area contributed by atoms with Gasteiger partial charge in [-0.1, -0.05) is 11.8 Å². The lowest BCUT2D eigenvalue weighted by atomic mass is 10.1. The van der Waals surface area contributed by atoms with Gasteiger partial charge in [-0.25, -0.2) is 0 Å². The molecule has 13 heavy (non-hydrogen) atoms. The Morgan fingerprint density at radius 1 is 1.38 bits per heavy atom. The van der Waals surface area contributed by atoms with E-state index in [2.05, 4.69) is 11.8 Å². The molecule has 0 aliphatic rings. The number of hydrogen-bond acceptors (Lipinski definition) is 2. The van der Waals surface area contributed by atoms with Crippen LogP contribution in [0.2, 0.25) is 0 Å². The number of nitrogens with zero attached hydrogens (tertiary/aromatic N) is 1. The third-order valence-electron chi connectivity index (χ3n) is 1.45. The molecule has 1 aromatic carbocycles. The third-order valence-corrected chi connectivity index (χ3v) is 1.59. The largest absolute Gasteiger partial charge is 0.399 e. The summed E-state index contributed by atoms with van der Waals surface area (Å²) in [5.74, 6) is 5.72.